The molecule has 0 aliphatic carbocycles. The second kappa shape index (κ2) is 9.95. The molecule has 0 aromatic heterocycles. The zero-order valence-electron chi connectivity index (χ0n) is 14.4. The highest BCUT2D eigenvalue weighted by Gasteiger charge is 2.16. The van der Waals surface area contributed by atoms with E-state index in [9.17, 15) is 18.0 Å². The van der Waals surface area contributed by atoms with Crippen molar-refractivity contribution in [3.05, 3.63) is 42.5 Å². The van der Waals surface area contributed by atoms with Gasteiger partial charge in [0.25, 0.3) is 5.91 Å². The third kappa shape index (κ3) is 6.67. The van der Waals surface area contributed by atoms with E-state index in [0.29, 0.717) is 0 Å². The number of carbonyl (C=O) groups is 2. The van der Waals surface area contributed by atoms with Crippen molar-refractivity contribution < 1.29 is 22.7 Å². The van der Waals surface area contributed by atoms with E-state index in [1.807, 2.05) is 13.8 Å². The summed E-state index contributed by atoms with van der Waals surface area (Å²) in [4.78, 5) is 23.7. The molecule has 25 heavy (non-hydrogen) atoms. The van der Waals surface area contributed by atoms with E-state index in [0.717, 1.165) is 12.8 Å². The fourth-order valence-electron chi connectivity index (χ4n) is 2.00. The molecule has 0 fully saturated rings. The fraction of sp³-hybridized carbons (Fsp3) is 0.412. The standard InChI is InChI=1S/C17H24N2O5S/c1-4-11-18-25(22,23)15-9-7-13(8-10-15)17(21)24-12-16(20)19-14(5-2)6-3/h4,7-10,14,18H,1,5-6,11-12H2,2-3H3,(H,19,20). The fourth-order valence-corrected chi connectivity index (χ4v) is 3.00. The van der Waals surface area contributed by atoms with Crippen LogP contribution in [0.1, 0.15) is 37.0 Å². The van der Waals surface area contributed by atoms with Crippen LogP contribution < -0.4 is 10.0 Å². The maximum Gasteiger partial charge on any atom is 0.338 e. The maximum atomic E-state index is 11.9. The molecule has 0 radical (unpaired) electrons. The smallest absolute Gasteiger partial charge is 0.338 e. The number of nitrogens with one attached hydrogen (secondary N) is 2. The molecule has 1 aromatic rings. The first kappa shape index (κ1) is 20.9. The van der Waals surface area contributed by atoms with Gasteiger partial charge < -0.3 is 10.1 Å². The SMILES string of the molecule is C=CCNS(=O)(=O)c1ccc(C(=O)OCC(=O)NC(CC)CC)cc1. The molecule has 0 aliphatic rings. The molecular weight excluding hydrogens is 344 g/mol. The molecule has 0 heterocycles. The summed E-state index contributed by atoms with van der Waals surface area (Å²) in [6.07, 6.45) is 3.02. The van der Waals surface area contributed by atoms with Crippen molar-refractivity contribution in [1.29, 1.82) is 0 Å². The highest BCUT2D eigenvalue weighted by Crippen LogP contribution is 2.11. The number of hydrogen-bond donors (Lipinski definition) is 2. The highest BCUT2D eigenvalue weighted by molar-refractivity contribution is 7.89. The number of sulfonamides is 1. The molecule has 1 rings (SSSR count). The van der Waals surface area contributed by atoms with Gasteiger partial charge in [0.1, 0.15) is 0 Å². The van der Waals surface area contributed by atoms with Crippen LogP contribution in [-0.4, -0.2) is 39.5 Å². The number of benzene rings is 1. The predicted octanol–water partition coefficient (Wildman–Crippen LogP) is 1.61. The lowest BCUT2D eigenvalue weighted by Gasteiger charge is -2.14. The summed E-state index contributed by atoms with van der Waals surface area (Å²) in [5.74, 6) is -1.06. The Hall–Kier alpha value is -2.19. The van der Waals surface area contributed by atoms with Gasteiger partial charge >= 0.3 is 5.97 Å². The molecule has 8 heteroatoms. The summed E-state index contributed by atoms with van der Waals surface area (Å²) >= 11 is 0. The van der Waals surface area contributed by atoms with Crippen molar-refractivity contribution in [1.82, 2.24) is 10.0 Å². The maximum absolute atomic E-state index is 11.9. The molecule has 0 spiro atoms. The number of hydrogen-bond acceptors (Lipinski definition) is 5. The summed E-state index contributed by atoms with van der Waals surface area (Å²) < 4.78 is 31.1. The third-order valence-corrected chi connectivity index (χ3v) is 4.94. The lowest BCUT2D eigenvalue weighted by atomic mass is 10.2. The number of amides is 1. The van der Waals surface area contributed by atoms with Crippen molar-refractivity contribution in [2.75, 3.05) is 13.2 Å². The first-order chi connectivity index (χ1) is 11.8. The Labute approximate surface area is 148 Å². The average Bonchev–Trinajstić information content (AvgIpc) is 2.62. The second-order valence-electron chi connectivity index (χ2n) is 5.32. The number of rotatable bonds is 10. The van der Waals surface area contributed by atoms with Crippen LogP contribution in [0.5, 0.6) is 0 Å². The van der Waals surface area contributed by atoms with Crippen LogP contribution in [0.15, 0.2) is 41.8 Å². The molecule has 0 aliphatic heterocycles. The second-order valence-corrected chi connectivity index (χ2v) is 7.09. The van der Waals surface area contributed by atoms with Gasteiger partial charge in [0.15, 0.2) is 6.61 Å². The zero-order chi connectivity index (χ0) is 18.9. The Morgan fingerprint density at radius 1 is 1.20 bits per heavy atom. The van der Waals surface area contributed by atoms with E-state index in [4.69, 9.17) is 4.74 Å². The van der Waals surface area contributed by atoms with Gasteiger partial charge in [0, 0.05) is 12.6 Å². The molecular formula is C17H24N2O5S. The molecule has 0 bridgehead atoms. The van der Waals surface area contributed by atoms with Gasteiger partial charge in [-0.15, -0.1) is 6.58 Å². The molecule has 0 saturated heterocycles. The first-order valence-corrected chi connectivity index (χ1v) is 9.49. The molecule has 7 nitrogen and oxygen atoms in total. The van der Waals surface area contributed by atoms with Gasteiger partial charge in [-0.05, 0) is 37.1 Å². The molecule has 0 saturated carbocycles. The van der Waals surface area contributed by atoms with Crippen LogP contribution in [0, 0.1) is 0 Å². The van der Waals surface area contributed by atoms with Crippen molar-refractivity contribution >= 4 is 21.9 Å². The monoisotopic (exact) mass is 368 g/mol. The predicted molar refractivity (Wildman–Crippen MR) is 94.6 cm³/mol. The van der Waals surface area contributed by atoms with E-state index >= 15 is 0 Å². The molecule has 1 amide bonds. The van der Waals surface area contributed by atoms with Crippen molar-refractivity contribution in [3.8, 4) is 0 Å². The van der Waals surface area contributed by atoms with Crippen LogP contribution in [0.4, 0.5) is 0 Å². The van der Waals surface area contributed by atoms with Crippen LogP contribution in [0.3, 0.4) is 0 Å². The molecule has 0 unspecified atom stereocenters. The largest absolute Gasteiger partial charge is 0.452 e. The van der Waals surface area contributed by atoms with Crippen molar-refractivity contribution in [3.63, 3.8) is 0 Å². The van der Waals surface area contributed by atoms with Gasteiger partial charge in [-0.3, -0.25) is 4.79 Å². The van der Waals surface area contributed by atoms with E-state index in [-0.39, 0.29) is 35.6 Å². The minimum Gasteiger partial charge on any atom is -0.452 e. The molecule has 1 aromatic carbocycles. The van der Waals surface area contributed by atoms with Gasteiger partial charge in [0.2, 0.25) is 10.0 Å². The quantitative estimate of drug-likeness (QED) is 0.483. The lowest BCUT2D eigenvalue weighted by molar-refractivity contribution is -0.125. The number of carbonyl (C=O) groups excluding carboxylic acids is 2. The van der Waals surface area contributed by atoms with Crippen LogP contribution in [0.2, 0.25) is 0 Å². The Morgan fingerprint density at radius 3 is 2.32 bits per heavy atom. The molecule has 2 N–H and O–H groups in total. The van der Waals surface area contributed by atoms with E-state index in [2.05, 4.69) is 16.6 Å². The number of esters is 1. The third-order valence-electron chi connectivity index (χ3n) is 3.50. The molecule has 0 atom stereocenters. The normalized spacial score (nSPS) is 11.2. The van der Waals surface area contributed by atoms with Crippen LogP contribution in [-0.2, 0) is 19.6 Å². The summed E-state index contributed by atoms with van der Waals surface area (Å²) in [5, 5.41) is 2.76. The van der Waals surface area contributed by atoms with Crippen LogP contribution >= 0.6 is 0 Å². The Kier molecular flexibility index (Phi) is 8.30. The summed E-state index contributed by atoms with van der Waals surface area (Å²) in [7, 11) is -3.65. The zero-order valence-corrected chi connectivity index (χ0v) is 15.3. The van der Waals surface area contributed by atoms with Crippen molar-refractivity contribution in [2.24, 2.45) is 0 Å². The summed E-state index contributed by atoms with van der Waals surface area (Å²) in [6, 6.07) is 5.32. The van der Waals surface area contributed by atoms with E-state index < -0.39 is 16.0 Å². The lowest BCUT2D eigenvalue weighted by Crippen LogP contribution is -2.36. The molecule has 138 valence electrons. The minimum atomic E-state index is -3.65. The van der Waals surface area contributed by atoms with Gasteiger partial charge in [-0.25, -0.2) is 17.9 Å². The van der Waals surface area contributed by atoms with E-state index in [1.54, 1.807) is 0 Å². The topological polar surface area (TPSA) is 102 Å². The van der Waals surface area contributed by atoms with E-state index in [1.165, 1.54) is 30.3 Å². The summed E-state index contributed by atoms with van der Waals surface area (Å²) in [6.45, 7) is 7.08. The minimum absolute atomic E-state index is 0.0253. The number of ether oxygens (including phenoxy) is 1. The summed E-state index contributed by atoms with van der Waals surface area (Å²) in [5.41, 5.74) is 0.165. The highest BCUT2D eigenvalue weighted by atomic mass is 32.2. The Balaban J connectivity index is 2.62. The first-order valence-electron chi connectivity index (χ1n) is 8.01. The Bertz CT molecular complexity index is 694. The van der Waals surface area contributed by atoms with Gasteiger partial charge in [-0.1, -0.05) is 19.9 Å². The Morgan fingerprint density at radius 2 is 1.80 bits per heavy atom. The average molecular weight is 368 g/mol. The van der Waals surface area contributed by atoms with Gasteiger partial charge in [0.05, 0.1) is 10.5 Å². The van der Waals surface area contributed by atoms with Gasteiger partial charge in [-0.2, -0.15) is 0 Å². The van der Waals surface area contributed by atoms with Crippen molar-refractivity contribution in [2.45, 2.75) is 37.6 Å². The van der Waals surface area contributed by atoms with Crippen LogP contribution in [0.25, 0.3) is 0 Å².